The number of anilines is 1. The van der Waals surface area contributed by atoms with Crippen molar-refractivity contribution in [2.24, 2.45) is 0 Å². The Morgan fingerprint density at radius 1 is 1.19 bits per heavy atom. The van der Waals surface area contributed by atoms with Crippen molar-refractivity contribution in [2.75, 3.05) is 31.1 Å². The Morgan fingerprint density at radius 3 is 2.73 bits per heavy atom. The fraction of sp³-hybridized carbons (Fsp3) is 0.500. The van der Waals surface area contributed by atoms with Gasteiger partial charge in [-0.25, -0.2) is 4.98 Å². The number of hydrogen-bond acceptors (Lipinski definition) is 5. The number of amides is 1. The molecule has 4 rings (SSSR count). The molecular weight excluding hydrogens is 346 g/mol. The van der Waals surface area contributed by atoms with Gasteiger partial charge in [0.15, 0.2) is 5.13 Å². The maximum absolute atomic E-state index is 12.9. The van der Waals surface area contributed by atoms with Crippen molar-refractivity contribution in [1.82, 2.24) is 10.3 Å². The molecule has 6 heteroatoms. The number of carbonyl (C=O) groups is 1. The van der Waals surface area contributed by atoms with Crippen LogP contribution < -0.4 is 10.2 Å². The van der Waals surface area contributed by atoms with Crippen LogP contribution in [0, 0.1) is 0 Å². The average molecular weight is 372 g/mol. The first-order valence-corrected chi connectivity index (χ1v) is 10.3. The van der Waals surface area contributed by atoms with E-state index in [0.717, 1.165) is 48.9 Å². The Hall–Kier alpha value is -1.92. The lowest BCUT2D eigenvalue weighted by molar-refractivity contribution is 0.0861. The van der Waals surface area contributed by atoms with Crippen LogP contribution in [-0.4, -0.2) is 43.2 Å². The molecule has 2 aliphatic heterocycles. The van der Waals surface area contributed by atoms with E-state index < -0.39 is 0 Å². The Balaban J connectivity index is 1.58. The molecule has 26 heavy (non-hydrogen) atoms. The molecule has 1 atom stereocenters. The van der Waals surface area contributed by atoms with Crippen molar-refractivity contribution in [3.63, 3.8) is 0 Å². The Bertz CT molecular complexity index is 735. The van der Waals surface area contributed by atoms with Gasteiger partial charge < -0.3 is 15.0 Å². The third-order valence-corrected chi connectivity index (χ3v) is 6.13. The van der Waals surface area contributed by atoms with Gasteiger partial charge in [0.25, 0.3) is 5.91 Å². The minimum absolute atomic E-state index is 0.0416. The number of nitrogens with one attached hydrogen (secondary N) is 1. The lowest BCUT2D eigenvalue weighted by atomic mass is 10.1. The first kappa shape index (κ1) is 17.5. The van der Waals surface area contributed by atoms with Crippen LogP contribution in [0.4, 0.5) is 5.13 Å². The van der Waals surface area contributed by atoms with Crippen LogP contribution in [0.2, 0.25) is 0 Å². The molecule has 1 aromatic carbocycles. The second-order valence-corrected chi connectivity index (χ2v) is 7.91. The van der Waals surface area contributed by atoms with Gasteiger partial charge in [-0.3, -0.25) is 4.79 Å². The number of carbonyl (C=O) groups excluding carboxylic acids is 1. The maximum atomic E-state index is 12.9. The molecule has 2 saturated heterocycles. The highest BCUT2D eigenvalue weighted by Gasteiger charge is 2.24. The molecule has 0 bridgehead atoms. The minimum atomic E-state index is -0.0416. The smallest absolute Gasteiger partial charge is 0.263 e. The zero-order valence-electron chi connectivity index (χ0n) is 14.9. The molecule has 0 saturated carbocycles. The zero-order chi connectivity index (χ0) is 17.8. The van der Waals surface area contributed by atoms with Crippen molar-refractivity contribution in [1.29, 1.82) is 0 Å². The minimum Gasteiger partial charge on any atom is -0.376 e. The predicted molar refractivity (Wildman–Crippen MR) is 105 cm³/mol. The fourth-order valence-corrected chi connectivity index (χ4v) is 4.62. The van der Waals surface area contributed by atoms with Crippen molar-refractivity contribution >= 4 is 22.4 Å². The van der Waals surface area contributed by atoms with E-state index in [1.54, 1.807) is 0 Å². The van der Waals surface area contributed by atoms with Crippen molar-refractivity contribution in [3.8, 4) is 11.3 Å². The van der Waals surface area contributed by atoms with E-state index in [4.69, 9.17) is 9.72 Å². The van der Waals surface area contributed by atoms with E-state index in [1.165, 1.54) is 30.6 Å². The van der Waals surface area contributed by atoms with Gasteiger partial charge in [0.2, 0.25) is 0 Å². The standard InChI is InChI=1S/C20H25N3O2S/c24-19(21-14-16-10-7-13-25-16)18-17(15-8-3-1-4-9-15)22-20(26-18)23-11-5-2-6-12-23/h1,3-4,8-9,16H,2,5-7,10-14H2,(H,21,24)/t16-/m1/s1. The van der Waals surface area contributed by atoms with Crippen molar-refractivity contribution in [3.05, 3.63) is 35.2 Å². The largest absolute Gasteiger partial charge is 0.376 e. The van der Waals surface area contributed by atoms with Crippen molar-refractivity contribution < 1.29 is 9.53 Å². The van der Waals surface area contributed by atoms with Gasteiger partial charge in [-0.15, -0.1) is 0 Å². The zero-order valence-corrected chi connectivity index (χ0v) is 15.8. The van der Waals surface area contributed by atoms with Crippen LogP contribution in [-0.2, 0) is 4.74 Å². The first-order valence-electron chi connectivity index (χ1n) is 9.52. The number of rotatable bonds is 5. The SMILES string of the molecule is O=C(NC[C@H]1CCCO1)c1sc(N2CCCCC2)nc1-c1ccccc1. The summed E-state index contributed by atoms with van der Waals surface area (Å²) in [5, 5.41) is 4.02. The lowest BCUT2D eigenvalue weighted by Gasteiger charge is -2.25. The molecule has 1 aromatic heterocycles. The Labute approximate surface area is 158 Å². The van der Waals surface area contributed by atoms with E-state index in [0.29, 0.717) is 11.4 Å². The first-order chi connectivity index (χ1) is 12.8. The molecule has 2 fully saturated rings. The van der Waals surface area contributed by atoms with Gasteiger partial charge in [0.05, 0.1) is 11.8 Å². The van der Waals surface area contributed by atoms with Crippen LogP contribution in [0.15, 0.2) is 30.3 Å². The highest BCUT2D eigenvalue weighted by molar-refractivity contribution is 7.18. The average Bonchev–Trinajstić information content (AvgIpc) is 3.37. The predicted octanol–water partition coefficient (Wildman–Crippen LogP) is 3.71. The molecule has 2 aliphatic rings. The molecule has 2 aromatic rings. The Morgan fingerprint density at radius 2 is 2.00 bits per heavy atom. The summed E-state index contributed by atoms with van der Waals surface area (Å²) in [5.41, 5.74) is 1.79. The molecule has 0 radical (unpaired) electrons. The molecule has 138 valence electrons. The molecule has 1 N–H and O–H groups in total. The van der Waals surface area contributed by atoms with Crippen LogP contribution in [0.5, 0.6) is 0 Å². The van der Waals surface area contributed by atoms with Crippen molar-refractivity contribution in [2.45, 2.75) is 38.2 Å². The van der Waals surface area contributed by atoms with E-state index in [1.807, 2.05) is 30.3 Å². The number of nitrogens with zero attached hydrogens (tertiary/aromatic N) is 2. The summed E-state index contributed by atoms with van der Waals surface area (Å²) in [6.07, 6.45) is 5.92. The van der Waals surface area contributed by atoms with Crippen LogP contribution >= 0.6 is 11.3 Å². The highest BCUT2D eigenvalue weighted by atomic mass is 32.1. The summed E-state index contributed by atoms with van der Waals surface area (Å²) in [4.78, 5) is 20.8. The molecule has 0 spiro atoms. The molecule has 0 unspecified atom stereocenters. The van der Waals surface area contributed by atoms with E-state index in [-0.39, 0.29) is 12.0 Å². The molecule has 3 heterocycles. The van der Waals surface area contributed by atoms with Gasteiger partial charge >= 0.3 is 0 Å². The molecule has 0 aliphatic carbocycles. The van der Waals surface area contributed by atoms with Crippen LogP contribution in [0.1, 0.15) is 41.8 Å². The molecule has 5 nitrogen and oxygen atoms in total. The normalized spacial score (nSPS) is 20.3. The molecule has 1 amide bonds. The second-order valence-electron chi connectivity index (χ2n) is 6.93. The van der Waals surface area contributed by atoms with Gasteiger partial charge in [-0.1, -0.05) is 41.7 Å². The quantitative estimate of drug-likeness (QED) is 0.871. The van der Waals surface area contributed by atoms with Gasteiger partial charge in [0, 0.05) is 31.8 Å². The monoisotopic (exact) mass is 371 g/mol. The number of piperidine rings is 1. The van der Waals surface area contributed by atoms with Gasteiger partial charge in [0.1, 0.15) is 4.88 Å². The second kappa shape index (κ2) is 8.18. The number of benzene rings is 1. The fourth-order valence-electron chi connectivity index (χ4n) is 3.57. The number of hydrogen-bond donors (Lipinski definition) is 1. The van der Waals surface area contributed by atoms with Gasteiger partial charge in [-0.05, 0) is 32.1 Å². The number of ether oxygens (including phenoxy) is 1. The van der Waals surface area contributed by atoms with Crippen LogP contribution in [0.25, 0.3) is 11.3 Å². The number of aromatic nitrogens is 1. The summed E-state index contributed by atoms with van der Waals surface area (Å²) >= 11 is 1.51. The lowest BCUT2D eigenvalue weighted by Crippen LogP contribution is -2.31. The third-order valence-electron chi connectivity index (χ3n) is 5.01. The topological polar surface area (TPSA) is 54.5 Å². The summed E-state index contributed by atoms with van der Waals surface area (Å²) in [6.45, 7) is 3.43. The summed E-state index contributed by atoms with van der Waals surface area (Å²) in [7, 11) is 0. The van der Waals surface area contributed by atoms with Crippen LogP contribution in [0.3, 0.4) is 0 Å². The van der Waals surface area contributed by atoms with E-state index in [9.17, 15) is 4.79 Å². The third kappa shape index (κ3) is 3.91. The number of thiazole rings is 1. The molecular formula is C20H25N3O2S. The summed E-state index contributed by atoms with van der Waals surface area (Å²) in [5.74, 6) is -0.0416. The Kier molecular flexibility index (Phi) is 5.51. The van der Waals surface area contributed by atoms with E-state index in [2.05, 4.69) is 10.2 Å². The highest BCUT2D eigenvalue weighted by Crippen LogP contribution is 2.34. The van der Waals surface area contributed by atoms with Gasteiger partial charge in [-0.2, -0.15) is 0 Å². The summed E-state index contributed by atoms with van der Waals surface area (Å²) < 4.78 is 5.62. The summed E-state index contributed by atoms with van der Waals surface area (Å²) in [6, 6.07) is 10.0. The maximum Gasteiger partial charge on any atom is 0.263 e. The van der Waals surface area contributed by atoms with E-state index >= 15 is 0 Å².